The van der Waals surface area contributed by atoms with Gasteiger partial charge in [0.1, 0.15) is 5.78 Å². The smallest absolute Gasteiger partial charge is 0.140 e. The van der Waals surface area contributed by atoms with E-state index >= 15 is 0 Å². The van der Waals surface area contributed by atoms with E-state index < -0.39 is 0 Å². The number of hydrogen-bond acceptors (Lipinski definition) is 1. The molecule has 0 spiro atoms. The molecule has 0 aromatic heterocycles. The molecule has 1 atom stereocenters. The second-order valence-corrected chi connectivity index (χ2v) is 4.87. The van der Waals surface area contributed by atoms with Crippen molar-refractivity contribution in [3.63, 3.8) is 0 Å². The number of ketones is 1. The highest BCUT2D eigenvalue weighted by molar-refractivity contribution is 5.86. The summed E-state index contributed by atoms with van der Waals surface area (Å²) in [6.07, 6.45) is 1.67. The van der Waals surface area contributed by atoms with E-state index in [0.717, 1.165) is 12.0 Å². The Morgan fingerprint density at radius 2 is 1.93 bits per heavy atom. The van der Waals surface area contributed by atoms with Crippen LogP contribution >= 0.6 is 0 Å². The molecule has 1 aromatic carbocycles. The molecule has 0 amide bonds. The zero-order valence-corrected chi connectivity index (χ0v) is 8.79. The first-order chi connectivity index (χ1) is 6.59. The van der Waals surface area contributed by atoms with E-state index in [1.54, 1.807) is 0 Å². The predicted molar refractivity (Wildman–Crippen MR) is 57.0 cm³/mol. The predicted octanol–water partition coefficient (Wildman–Crippen LogP) is 2.84. The van der Waals surface area contributed by atoms with Crippen LogP contribution in [0.1, 0.15) is 25.8 Å². The molecule has 1 saturated carbocycles. The molecular weight excluding hydrogens is 172 g/mol. The maximum atomic E-state index is 11.8. The molecule has 1 unspecified atom stereocenters. The van der Waals surface area contributed by atoms with Crippen LogP contribution in [-0.2, 0) is 11.2 Å². The number of hydrogen-bond donors (Lipinski definition) is 0. The second kappa shape index (κ2) is 3.23. The molecule has 1 heteroatoms. The van der Waals surface area contributed by atoms with Gasteiger partial charge in [0.2, 0.25) is 0 Å². The molecule has 0 aliphatic heterocycles. The van der Waals surface area contributed by atoms with Gasteiger partial charge >= 0.3 is 0 Å². The van der Waals surface area contributed by atoms with Gasteiger partial charge in [0.15, 0.2) is 0 Å². The fourth-order valence-electron chi connectivity index (χ4n) is 1.94. The largest absolute Gasteiger partial charge is 0.299 e. The number of Topliss-reactive ketones (excluding diaryl/α,β-unsaturated/α-hetero) is 1. The third-order valence-electron chi connectivity index (χ3n) is 3.12. The summed E-state index contributed by atoms with van der Waals surface area (Å²) < 4.78 is 0. The van der Waals surface area contributed by atoms with Crippen LogP contribution in [-0.4, -0.2) is 5.78 Å². The maximum Gasteiger partial charge on any atom is 0.140 e. The lowest BCUT2D eigenvalue weighted by atomic mass is 10.0. The SMILES string of the molecule is CC1(C)CC1C(=O)Cc1ccccc1. The Hall–Kier alpha value is -1.11. The van der Waals surface area contributed by atoms with E-state index in [1.165, 1.54) is 0 Å². The fraction of sp³-hybridized carbons (Fsp3) is 0.462. The van der Waals surface area contributed by atoms with Gasteiger partial charge in [-0.1, -0.05) is 44.2 Å². The summed E-state index contributed by atoms with van der Waals surface area (Å²) in [5, 5.41) is 0. The van der Waals surface area contributed by atoms with E-state index in [9.17, 15) is 4.79 Å². The van der Waals surface area contributed by atoms with E-state index in [-0.39, 0.29) is 5.41 Å². The minimum atomic E-state index is 0.270. The van der Waals surface area contributed by atoms with Gasteiger partial charge in [-0.2, -0.15) is 0 Å². The maximum absolute atomic E-state index is 11.8. The van der Waals surface area contributed by atoms with Gasteiger partial charge in [-0.25, -0.2) is 0 Å². The molecule has 2 rings (SSSR count). The molecule has 0 saturated heterocycles. The zero-order chi connectivity index (χ0) is 10.2. The number of benzene rings is 1. The Balaban J connectivity index is 1.97. The van der Waals surface area contributed by atoms with Crippen molar-refractivity contribution in [2.75, 3.05) is 0 Å². The van der Waals surface area contributed by atoms with Crippen molar-refractivity contribution < 1.29 is 4.79 Å². The highest BCUT2D eigenvalue weighted by Gasteiger charge is 2.49. The molecular formula is C13H16O. The Morgan fingerprint density at radius 3 is 2.43 bits per heavy atom. The summed E-state index contributed by atoms with van der Waals surface area (Å²) in [6, 6.07) is 10.00. The topological polar surface area (TPSA) is 17.1 Å². The van der Waals surface area contributed by atoms with Crippen LogP contribution in [0.2, 0.25) is 0 Å². The van der Waals surface area contributed by atoms with Crippen molar-refractivity contribution in [3.8, 4) is 0 Å². The minimum Gasteiger partial charge on any atom is -0.299 e. The monoisotopic (exact) mass is 188 g/mol. The minimum absolute atomic E-state index is 0.270. The van der Waals surface area contributed by atoms with Gasteiger partial charge in [0.05, 0.1) is 0 Å². The van der Waals surface area contributed by atoms with Gasteiger partial charge in [-0.05, 0) is 17.4 Å². The second-order valence-electron chi connectivity index (χ2n) is 4.87. The Morgan fingerprint density at radius 1 is 1.36 bits per heavy atom. The fourth-order valence-corrected chi connectivity index (χ4v) is 1.94. The zero-order valence-electron chi connectivity index (χ0n) is 8.79. The average Bonchev–Trinajstić information content (AvgIpc) is 2.77. The summed E-state index contributed by atoms with van der Waals surface area (Å²) >= 11 is 0. The van der Waals surface area contributed by atoms with Crippen molar-refractivity contribution in [1.82, 2.24) is 0 Å². The van der Waals surface area contributed by atoms with Crippen LogP contribution in [0, 0.1) is 11.3 Å². The molecule has 1 aromatic rings. The van der Waals surface area contributed by atoms with Crippen LogP contribution in [0.4, 0.5) is 0 Å². The van der Waals surface area contributed by atoms with Crippen LogP contribution < -0.4 is 0 Å². The molecule has 0 N–H and O–H groups in total. The average molecular weight is 188 g/mol. The van der Waals surface area contributed by atoms with E-state index in [1.807, 2.05) is 30.3 Å². The Bertz CT molecular complexity index is 338. The van der Waals surface area contributed by atoms with Crippen LogP contribution in [0.3, 0.4) is 0 Å². The number of carbonyl (C=O) groups is 1. The molecule has 0 radical (unpaired) electrons. The first-order valence-electron chi connectivity index (χ1n) is 5.16. The quantitative estimate of drug-likeness (QED) is 0.712. The lowest BCUT2D eigenvalue weighted by Gasteiger charge is -2.02. The van der Waals surface area contributed by atoms with Crippen molar-refractivity contribution in [3.05, 3.63) is 35.9 Å². The Kier molecular flexibility index (Phi) is 2.18. The lowest BCUT2D eigenvalue weighted by Crippen LogP contribution is -2.08. The van der Waals surface area contributed by atoms with Gasteiger partial charge in [0, 0.05) is 12.3 Å². The summed E-state index contributed by atoms with van der Waals surface area (Å²) in [5.41, 5.74) is 1.41. The lowest BCUT2D eigenvalue weighted by molar-refractivity contribution is -0.120. The summed E-state index contributed by atoms with van der Waals surface area (Å²) in [6.45, 7) is 4.33. The first kappa shape index (κ1) is 9.45. The summed E-state index contributed by atoms with van der Waals surface area (Å²) in [7, 11) is 0. The number of rotatable bonds is 3. The summed E-state index contributed by atoms with van der Waals surface area (Å²) in [4.78, 5) is 11.8. The van der Waals surface area contributed by atoms with Crippen molar-refractivity contribution in [2.45, 2.75) is 26.7 Å². The van der Waals surface area contributed by atoms with E-state index in [2.05, 4.69) is 13.8 Å². The molecule has 1 nitrogen and oxygen atoms in total. The van der Waals surface area contributed by atoms with E-state index in [4.69, 9.17) is 0 Å². The first-order valence-corrected chi connectivity index (χ1v) is 5.16. The molecule has 0 bridgehead atoms. The molecule has 1 fully saturated rings. The van der Waals surface area contributed by atoms with E-state index in [0.29, 0.717) is 18.1 Å². The van der Waals surface area contributed by atoms with Crippen molar-refractivity contribution in [2.24, 2.45) is 11.3 Å². The Labute approximate surface area is 85.1 Å². The molecule has 1 aliphatic carbocycles. The highest BCUT2D eigenvalue weighted by atomic mass is 16.1. The highest BCUT2D eigenvalue weighted by Crippen LogP contribution is 2.52. The van der Waals surface area contributed by atoms with Gasteiger partial charge in [-0.3, -0.25) is 4.79 Å². The number of carbonyl (C=O) groups excluding carboxylic acids is 1. The molecule has 1 aliphatic rings. The normalized spacial score (nSPS) is 23.1. The van der Waals surface area contributed by atoms with Gasteiger partial charge < -0.3 is 0 Å². The van der Waals surface area contributed by atoms with Crippen molar-refractivity contribution >= 4 is 5.78 Å². The molecule has 74 valence electrons. The van der Waals surface area contributed by atoms with Crippen molar-refractivity contribution in [1.29, 1.82) is 0 Å². The third kappa shape index (κ3) is 1.87. The molecule has 14 heavy (non-hydrogen) atoms. The summed E-state index contributed by atoms with van der Waals surface area (Å²) in [5.74, 6) is 0.712. The standard InChI is InChI=1S/C13H16O/c1-13(2)9-11(13)12(14)8-10-6-4-3-5-7-10/h3-7,11H,8-9H2,1-2H3. The third-order valence-corrected chi connectivity index (χ3v) is 3.12. The van der Waals surface area contributed by atoms with Crippen LogP contribution in [0.25, 0.3) is 0 Å². The molecule has 0 heterocycles. The van der Waals surface area contributed by atoms with Gasteiger partial charge in [-0.15, -0.1) is 0 Å². The van der Waals surface area contributed by atoms with Gasteiger partial charge in [0.25, 0.3) is 0 Å². The van der Waals surface area contributed by atoms with Crippen LogP contribution in [0.15, 0.2) is 30.3 Å². The van der Waals surface area contributed by atoms with Crippen LogP contribution in [0.5, 0.6) is 0 Å².